The highest BCUT2D eigenvalue weighted by molar-refractivity contribution is 5.33. The summed E-state index contributed by atoms with van der Waals surface area (Å²) in [6.07, 6.45) is 21.2. The maximum atomic E-state index is 5.98. The van der Waals surface area contributed by atoms with Crippen molar-refractivity contribution in [3.05, 3.63) is 47.5 Å². The van der Waals surface area contributed by atoms with Gasteiger partial charge in [-0.2, -0.15) is 0 Å². The lowest BCUT2D eigenvalue weighted by molar-refractivity contribution is 0.0320. The van der Waals surface area contributed by atoms with Crippen LogP contribution in [0.2, 0.25) is 0 Å². The van der Waals surface area contributed by atoms with Gasteiger partial charge in [-0.15, -0.1) is 0 Å². The van der Waals surface area contributed by atoms with Crippen molar-refractivity contribution >= 4 is 0 Å². The Labute approximate surface area is 173 Å². The van der Waals surface area contributed by atoms with Gasteiger partial charge in [-0.25, -0.2) is 0 Å². The summed E-state index contributed by atoms with van der Waals surface area (Å²) in [6, 6.07) is 9.95. The average Bonchev–Trinajstić information content (AvgIpc) is 2.76. The minimum Gasteiger partial charge on any atom is -0.374 e. The summed E-state index contributed by atoms with van der Waals surface area (Å²) in [4.78, 5) is 0. The number of rotatable bonds is 7. The van der Waals surface area contributed by atoms with Gasteiger partial charge in [0.2, 0.25) is 0 Å². The molecular formula is C27H40O. The van der Waals surface area contributed by atoms with Gasteiger partial charge < -0.3 is 4.74 Å². The summed E-state index contributed by atoms with van der Waals surface area (Å²) < 4.78 is 5.98. The monoisotopic (exact) mass is 380 g/mol. The second-order valence-electron chi connectivity index (χ2n) is 10.0. The maximum Gasteiger partial charge on any atom is 0.0651 e. The van der Waals surface area contributed by atoms with Crippen molar-refractivity contribution in [2.75, 3.05) is 6.61 Å². The molecule has 1 heteroatoms. The Balaban J connectivity index is 1.34. The molecule has 0 aliphatic heterocycles. The van der Waals surface area contributed by atoms with Crippen molar-refractivity contribution in [2.24, 2.45) is 5.41 Å². The SMILES string of the molecule is CC=CCO[C@H]1CC[C@H](c2ccc(C34CCC(CCC)(CC3)CC4)cc2)CC1. The van der Waals surface area contributed by atoms with Crippen LogP contribution < -0.4 is 0 Å². The van der Waals surface area contributed by atoms with Crippen LogP contribution in [-0.4, -0.2) is 12.7 Å². The number of hydrogen-bond donors (Lipinski definition) is 0. The topological polar surface area (TPSA) is 9.23 Å². The van der Waals surface area contributed by atoms with E-state index in [-0.39, 0.29) is 0 Å². The molecule has 1 nitrogen and oxygen atoms in total. The standard InChI is InChI=1S/C27H40O/c1-3-5-21-28-25-12-8-23(9-13-25)22-6-10-24(11-7-22)27-18-15-26(14-4-2,16-19-27)17-20-27/h3,5-7,10-11,23,25H,4,8-9,12-21H2,1-2H3/t23-,25-,26?,27?. The zero-order chi connectivity index (χ0) is 19.5. The van der Waals surface area contributed by atoms with Crippen LogP contribution in [0.15, 0.2) is 36.4 Å². The van der Waals surface area contributed by atoms with Crippen molar-refractivity contribution < 1.29 is 4.74 Å². The van der Waals surface area contributed by atoms with Gasteiger partial charge in [0.15, 0.2) is 0 Å². The molecule has 4 aliphatic rings. The minimum atomic E-state index is 0.471. The van der Waals surface area contributed by atoms with Crippen LogP contribution in [-0.2, 0) is 10.2 Å². The van der Waals surface area contributed by atoms with Gasteiger partial charge in [0.05, 0.1) is 12.7 Å². The van der Waals surface area contributed by atoms with Gasteiger partial charge >= 0.3 is 0 Å². The summed E-state index contributed by atoms with van der Waals surface area (Å²) in [7, 11) is 0. The van der Waals surface area contributed by atoms with E-state index in [2.05, 4.69) is 50.3 Å². The predicted molar refractivity (Wildman–Crippen MR) is 119 cm³/mol. The third kappa shape index (κ3) is 4.11. The molecule has 1 aromatic rings. The smallest absolute Gasteiger partial charge is 0.0651 e. The van der Waals surface area contributed by atoms with Crippen LogP contribution in [0.1, 0.15) is 108 Å². The average molecular weight is 381 g/mol. The van der Waals surface area contributed by atoms with Gasteiger partial charge in [0.1, 0.15) is 0 Å². The highest BCUT2D eigenvalue weighted by atomic mass is 16.5. The summed E-state index contributed by atoms with van der Waals surface area (Å²) in [5.74, 6) is 0.739. The molecule has 0 unspecified atom stereocenters. The Morgan fingerprint density at radius 3 is 2.14 bits per heavy atom. The summed E-state index contributed by atoms with van der Waals surface area (Å²) in [6.45, 7) is 5.21. The Bertz CT molecular complexity index is 623. The molecule has 4 fully saturated rings. The first-order valence-electron chi connectivity index (χ1n) is 12.0. The van der Waals surface area contributed by atoms with E-state index < -0.39 is 0 Å². The van der Waals surface area contributed by atoms with Crippen LogP contribution in [0.5, 0.6) is 0 Å². The van der Waals surface area contributed by atoms with E-state index in [1.165, 1.54) is 77.0 Å². The van der Waals surface area contributed by atoms with Crippen molar-refractivity contribution in [3.63, 3.8) is 0 Å². The molecule has 1 aromatic carbocycles. The molecule has 0 aromatic heterocycles. The molecule has 0 spiro atoms. The number of benzene rings is 1. The second kappa shape index (κ2) is 8.74. The number of hydrogen-bond acceptors (Lipinski definition) is 1. The Kier molecular flexibility index (Phi) is 6.30. The zero-order valence-electron chi connectivity index (χ0n) is 18.2. The Morgan fingerprint density at radius 1 is 0.929 bits per heavy atom. The predicted octanol–water partition coefficient (Wildman–Crippen LogP) is 7.70. The molecular weight excluding hydrogens is 340 g/mol. The molecule has 4 saturated carbocycles. The van der Waals surface area contributed by atoms with E-state index >= 15 is 0 Å². The number of allylic oxidation sites excluding steroid dienone is 1. The third-order valence-electron chi connectivity index (χ3n) is 8.51. The van der Waals surface area contributed by atoms with Crippen LogP contribution in [0.4, 0.5) is 0 Å². The Morgan fingerprint density at radius 2 is 1.57 bits per heavy atom. The van der Waals surface area contributed by atoms with E-state index in [9.17, 15) is 0 Å². The van der Waals surface area contributed by atoms with Gasteiger partial charge in [-0.05, 0) is 105 Å². The van der Waals surface area contributed by atoms with E-state index in [0.717, 1.165) is 12.5 Å². The highest BCUT2D eigenvalue weighted by Crippen LogP contribution is 2.59. The normalized spacial score (nSPS) is 35.5. The molecule has 28 heavy (non-hydrogen) atoms. The summed E-state index contributed by atoms with van der Waals surface area (Å²) in [5.41, 5.74) is 4.43. The van der Waals surface area contributed by atoms with E-state index in [0.29, 0.717) is 16.9 Å². The molecule has 0 amide bonds. The number of fused-ring (bicyclic) bond motifs is 3. The molecule has 0 atom stereocenters. The lowest BCUT2D eigenvalue weighted by atomic mass is 9.51. The van der Waals surface area contributed by atoms with Gasteiger partial charge in [0.25, 0.3) is 0 Å². The van der Waals surface area contributed by atoms with Gasteiger partial charge in [0, 0.05) is 0 Å². The molecule has 0 radical (unpaired) electrons. The van der Waals surface area contributed by atoms with E-state index in [1.807, 2.05) is 0 Å². The lowest BCUT2D eigenvalue weighted by Gasteiger charge is -2.54. The van der Waals surface area contributed by atoms with Crippen LogP contribution in [0.3, 0.4) is 0 Å². The number of ether oxygens (including phenoxy) is 1. The molecule has 2 bridgehead atoms. The molecule has 5 rings (SSSR count). The molecule has 0 N–H and O–H groups in total. The molecule has 0 heterocycles. The van der Waals surface area contributed by atoms with E-state index in [4.69, 9.17) is 4.74 Å². The third-order valence-corrected chi connectivity index (χ3v) is 8.51. The fourth-order valence-electron chi connectivity index (χ4n) is 6.56. The fraction of sp³-hybridized carbons (Fsp3) is 0.704. The van der Waals surface area contributed by atoms with E-state index in [1.54, 1.807) is 11.1 Å². The lowest BCUT2D eigenvalue weighted by Crippen LogP contribution is -2.44. The molecule has 154 valence electrons. The van der Waals surface area contributed by atoms with Gasteiger partial charge in [-0.3, -0.25) is 0 Å². The van der Waals surface area contributed by atoms with Crippen LogP contribution in [0.25, 0.3) is 0 Å². The van der Waals surface area contributed by atoms with Crippen molar-refractivity contribution in [1.29, 1.82) is 0 Å². The van der Waals surface area contributed by atoms with Gasteiger partial charge in [-0.1, -0.05) is 49.8 Å². The summed E-state index contributed by atoms with van der Waals surface area (Å²) in [5, 5.41) is 0. The quantitative estimate of drug-likeness (QED) is 0.440. The minimum absolute atomic E-state index is 0.471. The van der Waals surface area contributed by atoms with Crippen molar-refractivity contribution in [2.45, 2.75) is 108 Å². The van der Waals surface area contributed by atoms with Crippen molar-refractivity contribution in [3.8, 4) is 0 Å². The summed E-state index contributed by atoms with van der Waals surface area (Å²) >= 11 is 0. The molecule has 0 saturated heterocycles. The van der Waals surface area contributed by atoms with Crippen LogP contribution in [0, 0.1) is 5.41 Å². The van der Waals surface area contributed by atoms with Crippen molar-refractivity contribution in [1.82, 2.24) is 0 Å². The second-order valence-corrected chi connectivity index (χ2v) is 10.0. The molecule has 4 aliphatic carbocycles. The zero-order valence-corrected chi connectivity index (χ0v) is 18.2. The first-order chi connectivity index (χ1) is 13.7. The largest absolute Gasteiger partial charge is 0.374 e. The maximum absolute atomic E-state index is 5.98. The first kappa shape index (κ1) is 20.2. The van der Waals surface area contributed by atoms with Crippen LogP contribution >= 0.6 is 0 Å². The Hall–Kier alpha value is -1.08. The fourth-order valence-corrected chi connectivity index (χ4v) is 6.56. The first-order valence-corrected chi connectivity index (χ1v) is 12.0. The highest BCUT2D eigenvalue weighted by Gasteiger charge is 2.48.